The summed E-state index contributed by atoms with van der Waals surface area (Å²) in [5.74, 6) is 0.840. The van der Waals surface area contributed by atoms with Crippen LogP contribution in [0.3, 0.4) is 0 Å². The number of imidazole rings is 1. The minimum atomic E-state index is 0.182. The molecule has 5 nitrogen and oxygen atoms in total. The lowest BCUT2D eigenvalue weighted by atomic mass is 9.95. The first-order valence-corrected chi connectivity index (χ1v) is 13.5. The topological polar surface area (TPSA) is 63.8 Å². The number of aryl methyl sites for hydroxylation is 1. The number of rotatable bonds is 5. The second-order valence-electron chi connectivity index (χ2n) is 10.1. The third-order valence-corrected chi connectivity index (χ3v) is 7.29. The number of aromatic hydroxyl groups is 1. The number of benzene rings is 4. The molecule has 0 saturated carbocycles. The van der Waals surface area contributed by atoms with Gasteiger partial charge in [-0.15, -0.1) is 0 Å². The van der Waals surface area contributed by atoms with Gasteiger partial charge in [0.15, 0.2) is 0 Å². The summed E-state index contributed by atoms with van der Waals surface area (Å²) in [6.45, 7) is 2.01. The normalized spacial score (nSPS) is 11.1. The first kappa shape index (κ1) is 24.5. The van der Waals surface area contributed by atoms with Crippen molar-refractivity contribution in [3.8, 4) is 56.3 Å². The highest BCUT2D eigenvalue weighted by Gasteiger charge is 2.21. The summed E-state index contributed by atoms with van der Waals surface area (Å²) in [5.41, 5.74) is 10.3. The van der Waals surface area contributed by atoms with E-state index in [1.165, 1.54) is 0 Å². The van der Waals surface area contributed by atoms with Crippen LogP contribution in [-0.2, 0) is 0 Å². The van der Waals surface area contributed by atoms with Gasteiger partial charge < -0.3 is 5.11 Å². The molecule has 3 heterocycles. The average Bonchev–Trinajstić information content (AvgIpc) is 3.43. The second kappa shape index (κ2) is 10.2. The number of para-hydroxylation sites is 1. The Balaban J connectivity index is 1.52. The summed E-state index contributed by atoms with van der Waals surface area (Å²) in [6, 6.07) is 38.5. The van der Waals surface area contributed by atoms with Gasteiger partial charge in [-0.25, -0.2) is 4.98 Å². The monoisotopic (exact) mass is 530 g/mol. The fourth-order valence-electron chi connectivity index (χ4n) is 5.31. The molecule has 0 aliphatic rings. The molecule has 5 heteroatoms. The van der Waals surface area contributed by atoms with E-state index < -0.39 is 0 Å². The molecule has 0 saturated heterocycles. The molecule has 1 N–H and O–H groups in total. The number of hydrogen-bond acceptors (Lipinski definition) is 4. The van der Waals surface area contributed by atoms with Crippen LogP contribution in [0.2, 0.25) is 0 Å². The van der Waals surface area contributed by atoms with Gasteiger partial charge in [-0.2, -0.15) is 0 Å². The van der Waals surface area contributed by atoms with Gasteiger partial charge in [-0.1, -0.05) is 66.2 Å². The third-order valence-electron chi connectivity index (χ3n) is 7.29. The number of phenols is 1. The summed E-state index contributed by atoms with van der Waals surface area (Å²) >= 11 is 0. The van der Waals surface area contributed by atoms with E-state index in [1.54, 1.807) is 6.07 Å². The van der Waals surface area contributed by atoms with Gasteiger partial charge in [0.2, 0.25) is 0 Å². The minimum Gasteiger partial charge on any atom is -0.507 e. The van der Waals surface area contributed by atoms with Gasteiger partial charge in [0.1, 0.15) is 17.1 Å². The summed E-state index contributed by atoms with van der Waals surface area (Å²) in [4.78, 5) is 14.5. The molecule has 41 heavy (non-hydrogen) atoms. The number of hydrogen-bond donors (Lipinski definition) is 1. The summed E-state index contributed by atoms with van der Waals surface area (Å²) in [7, 11) is 0. The van der Waals surface area contributed by atoms with Crippen molar-refractivity contribution in [2.24, 2.45) is 0 Å². The molecule has 7 rings (SSSR count). The van der Waals surface area contributed by atoms with E-state index in [2.05, 4.69) is 44.9 Å². The van der Waals surface area contributed by atoms with Gasteiger partial charge in [0.25, 0.3) is 0 Å². The smallest absolute Gasteiger partial charge is 0.149 e. The molecule has 0 spiro atoms. The highest BCUT2D eigenvalue weighted by molar-refractivity contribution is 5.96. The fraction of sp³-hybridized carbons (Fsp3) is 0.0278. The lowest BCUT2D eigenvalue weighted by Crippen LogP contribution is -1.98. The first-order valence-electron chi connectivity index (χ1n) is 13.5. The molecule has 0 bridgehead atoms. The van der Waals surface area contributed by atoms with Crippen LogP contribution >= 0.6 is 0 Å². The SMILES string of the molecule is Cc1ccc(O)c(-c2nc3c(-c4cc(-c5ccccc5)cc(-c5ccccn5)c4)cncc3n2-c2ccccc2)c1. The van der Waals surface area contributed by atoms with Crippen molar-refractivity contribution in [3.63, 3.8) is 0 Å². The fourth-order valence-corrected chi connectivity index (χ4v) is 5.31. The molecule has 7 aromatic rings. The van der Waals surface area contributed by atoms with Crippen LogP contribution < -0.4 is 0 Å². The zero-order valence-electron chi connectivity index (χ0n) is 22.4. The molecule has 0 radical (unpaired) electrons. The zero-order valence-corrected chi connectivity index (χ0v) is 22.4. The Morgan fingerprint density at radius 3 is 2.15 bits per heavy atom. The highest BCUT2D eigenvalue weighted by atomic mass is 16.3. The van der Waals surface area contributed by atoms with Crippen LogP contribution in [0.15, 0.2) is 134 Å². The standard InChI is InChI=1S/C36H26N4O/c1-24-15-16-34(41)30(18-24)36-39-35-31(22-37-23-33(35)40(36)29-12-6-3-7-13-29)27-19-26(25-10-4-2-5-11-25)20-28(21-27)32-14-8-9-17-38-32/h2-23,41H,1H3. The number of fused-ring (bicyclic) bond motifs is 1. The average molecular weight is 531 g/mol. The van der Waals surface area contributed by atoms with Gasteiger partial charge in [-0.05, 0) is 78.2 Å². The second-order valence-corrected chi connectivity index (χ2v) is 10.1. The summed E-state index contributed by atoms with van der Waals surface area (Å²) in [6.07, 6.45) is 5.53. The molecule has 4 aromatic carbocycles. The van der Waals surface area contributed by atoms with E-state index >= 15 is 0 Å². The van der Waals surface area contributed by atoms with E-state index in [0.29, 0.717) is 11.4 Å². The van der Waals surface area contributed by atoms with Crippen LogP contribution in [0.25, 0.3) is 61.6 Å². The van der Waals surface area contributed by atoms with Crippen molar-refractivity contribution in [1.82, 2.24) is 19.5 Å². The largest absolute Gasteiger partial charge is 0.507 e. The van der Waals surface area contributed by atoms with Crippen LogP contribution in [0, 0.1) is 6.92 Å². The Kier molecular flexibility index (Phi) is 6.10. The predicted octanol–water partition coefficient (Wildman–Crippen LogP) is 8.50. The molecule has 196 valence electrons. The predicted molar refractivity (Wildman–Crippen MR) is 165 cm³/mol. The lowest BCUT2D eigenvalue weighted by molar-refractivity contribution is 0.476. The molecular weight excluding hydrogens is 504 g/mol. The summed E-state index contributed by atoms with van der Waals surface area (Å²) in [5, 5.41) is 10.9. The highest BCUT2D eigenvalue weighted by Crippen LogP contribution is 2.39. The maximum atomic E-state index is 10.9. The maximum Gasteiger partial charge on any atom is 0.149 e. The molecule has 0 aliphatic heterocycles. The quantitative estimate of drug-likeness (QED) is 0.242. The maximum absolute atomic E-state index is 10.9. The zero-order chi connectivity index (χ0) is 27.8. The number of pyridine rings is 2. The number of aromatic nitrogens is 4. The van der Waals surface area contributed by atoms with E-state index in [0.717, 1.165) is 55.8 Å². The van der Waals surface area contributed by atoms with E-state index in [9.17, 15) is 5.11 Å². The molecule has 0 amide bonds. The van der Waals surface area contributed by atoms with E-state index in [-0.39, 0.29) is 5.75 Å². The number of nitrogens with zero attached hydrogens (tertiary/aromatic N) is 4. The Morgan fingerprint density at radius 2 is 1.37 bits per heavy atom. The Labute approximate surface area is 238 Å². The Hall–Kier alpha value is -5.55. The van der Waals surface area contributed by atoms with Crippen molar-refractivity contribution >= 4 is 11.0 Å². The van der Waals surface area contributed by atoms with Crippen LogP contribution in [0.1, 0.15) is 5.56 Å². The van der Waals surface area contributed by atoms with Crippen molar-refractivity contribution in [2.45, 2.75) is 6.92 Å². The molecule has 3 aromatic heterocycles. The first-order chi connectivity index (χ1) is 20.2. The molecule has 0 fully saturated rings. The molecular formula is C36H26N4O. The minimum absolute atomic E-state index is 0.182. The van der Waals surface area contributed by atoms with Crippen molar-refractivity contribution < 1.29 is 5.11 Å². The Bertz CT molecular complexity index is 1940. The molecule has 0 aliphatic carbocycles. The van der Waals surface area contributed by atoms with Gasteiger partial charge >= 0.3 is 0 Å². The van der Waals surface area contributed by atoms with Crippen LogP contribution in [-0.4, -0.2) is 24.6 Å². The van der Waals surface area contributed by atoms with Crippen molar-refractivity contribution in [3.05, 3.63) is 139 Å². The van der Waals surface area contributed by atoms with E-state index in [4.69, 9.17) is 4.98 Å². The van der Waals surface area contributed by atoms with E-state index in [1.807, 2.05) is 104 Å². The van der Waals surface area contributed by atoms with Gasteiger partial charge in [-0.3, -0.25) is 14.5 Å². The van der Waals surface area contributed by atoms with Crippen molar-refractivity contribution in [2.75, 3.05) is 0 Å². The van der Waals surface area contributed by atoms with Gasteiger partial charge in [0, 0.05) is 29.2 Å². The number of phenolic OH excluding ortho intramolecular Hbond substituents is 1. The molecule has 0 unspecified atom stereocenters. The van der Waals surface area contributed by atoms with Crippen LogP contribution in [0.5, 0.6) is 5.75 Å². The summed E-state index contributed by atoms with van der Waals surface area (Å²) < 4.78 is 2.07. The lowest BCUT2D eigenvalue weighted by Gasteiger charge is -2.12. The molecule has 0 atom stereocenters. The third kappa shape index (κ3) is 4.53. The Morgan fingerprint density at radius 1 is 0.634 bits per heavy atom. The van der Waals surface area contributed by atoms with Crippen LogP contribution in [0.4, 0.5) is 0 Å². The van der Waals surface area contributed by atoms with Gasteiger partial charge in [0.05, 0.1) is 23.0 Å². The van der Waals surface area contributed by atoms with Crippen molar-refractivity contribution in [1.29, 1.82) is 0 Å².